The number of rotatable bonds is 2. The third-order valence-electron chi connectivity index (χ3n) is 4.34. The molecule has 6 nitrogen and oxygen atoms in total. The van der Waals surface area contributed by atoms with Crippen LogP contribution < -0.4 is 5.32 Å². The predicted octanol–water partition coefficient (Wildman–Crippen LogP) is 2.14. The van der Waals surface area contributed by atoms with E-state index in [0.29, 0.717) is 30.6 Å². The van der Waals surface area contributed by atoms with Gasteiger partial charge in [-0.25, -0.2) is 4.79 Å². The number of benzene rings is 1. The Morgan fingerprint density at radius 2 is 2.09 bits per heavy atom. The maximum absolute atomic E-state index is 12.2. The molecular weight excluding hydrogens is 284 g/mol. The maximum Gasteiger partial charge on any atom is 0.321 e. The molecule has 1 saturated heterocycles. The molecule has 0 bridgehead atoms. The Labute approximate surface area is 128 Å². The number of anilines is 1. The van der Waals surface area contributed by atoms with Crippen molar-refractivity contribution in [1.82, 2.24) is 4.90 Å². The highest BCUT2D eigenvalue weighted by Gasteiger charge is 2.31. The van der Waals surface area contributed by atoms with Crippen LogP contribution in [0.15, 0.2) is 18.2 Å². The molecule has 1 fully saturated rings. The molecule has 0 saturated carbocycles. The molecule has 3 rings (SSSR count). The number of aliphatic carboxylic acids is 1. The topological polar surface area (TPSA) is 86.7 Å². The number of urea groups is 1. The summed E-state index contributed by atoms with van der Waals surface area (Å²) in [5.41, 5.74) is 2.30. The van der Waals surface area contributed by atoms with Crippen LogP contribution in [0.5, 0.6) is 0 Å². The van der Waals surface area contributed by atoms with Crippen LogP contribution in [0.4, 0.5) is 10.5 Å². The fourth-order valence-corrected chi connectivity index (χ4v) is 3.05. The van der Waals surface area contributed by atoms with Crippen LogP contribution in [-0.2, 0) is 11.2 Å². The van der Waals surface area contributed by atoms with Crippen molar-refractivity contribution in [3.63, 3.8) is 0 Å². The van der Waals surface area contributed by atoms with Gasteiger partial charge in [-0.1, -0.05) is 6.07 Å². The molecule has 2 N–H and O–H groups in total. The van der Waals surface area contributed by atoms with Crippen molar-refractivity contribution in [2.75, 3.05) is 18.4 Å². The summed E-state index contributed by atoms with van der Waals surface area (Å²) in [4.78, 5) is 36.5. The van der Waals surface area contributed by atoms with Gasteiger partial charge < -0.3 is 15.3 Å². The van der Waals surface area contributed by atoms with Crippen LogP contribution in [0, 0.1) is 5.92 Å². The Bertz CT molecular complexity index is 641. The van der Waals surface area contributed by atoms with E-state index in [1.54, 1.807) is 12.1 Å². The molecule has 22 heavy (non-hydrogen) atoms. The normalized spacial score (nSPS) is 20.6. The number of carbonyl (C=O) groups excluding carboxylic acids is 2. The van der Waals surface area contributed by atoms with Gasteiger partial charge in [0.1, 0.15) is 0 Å². The number of fused-ring (bicyclic) bond motifs is 1. The van der Waals surface area contributed by atoms with E-state index in [1.165, 1.54) is 4.90 Å². The number of amides is 2. The number of ketones is 1. The van der Waals surface area contributed by atoms with Gasteiger partial charge in [0.2, 0.25) is 0 Å². The first kappa shape index (κ1) is 14.6. The van der Waals surface area contributed by atoms with Gasteiger partial charge in [-0.15, -0.1) is 0 Å². The maximum atomic E-state index is 12.2. The Morgan fingerprint density at radius 3 is 2.82 bits per heavy atom. The van der Waals surface area contributed by atoms with Crippen molar-refractivity contribution in [3.8, 4) is 0 Å². The number of likely N-dealkylation sites (tertiary alicyclic amines) is 1. The summed E-state index contributed by atoms with van der Waals surface area (Å²) in [6.07, 6.45) is 2.80. The fraction of sp³-hybridized carbons (Fsp3) is 0.438. The standard InChI is InChI=1S/C16H18N2O4/c19-14-3-1-2-10-4-5-12(8-13(10)14)17-16(22)18-7-6-11(9-18)15(20)21/h4-5,8,11H,1-3,6-7,9H2,(H,17,22)(H,20,21). The Morgan fingerprint density at radius 1 is 1.27 bits per heavy atom. The largest absolute Gasteiger partial charge is 0.481 e. The summed E-state index contributed by atoms with van der Waals surface area (Å²) in [5.74, 6) is -1.24. The first-order valence-corrected chi connectivity index (χ1v) is 7.49. The van der Waals surface area contributed by atoms with Crippen molar-refractivity contribution < 1.29 is 19.5 Å². The lowest BCUT2D eigenvalue weighted by molar-refractivity contribution is -0.141. The van der Waals surface area contributed by atoms with E-state index in [4.69, 9.17) is 5.11 Å². The second kappa shape index (κ2) is 5.79. The number of Topliss-reactive ketones (excluding diaryl/α,β-unsaturated/α-hetero) is 1. The van der Waals surface area contributed by atoms with E-state index < -0.39 is 11.9 Å². The molecule has 1 aromatic rings. The molecule has 1 heterocycles. The summed E-state index contributed by atoms with van der Waals surface area (Å²) in [5, 5.41) is 11.7. The number of nitrogens with one attached hydrogen (secondary N) is 1. The molecule has 1 unspecified atom stereocenters. The van der Waals surface area contributed by atoms with Gasteiger partial charge >= 0.3 is 12.0 Å². The highest BCUT2D eigenvalue weighted by atomic mass is 16.4. The first-order valence-electron chi connectivity index (χ1n) is 7.49. The summed E-state index contributed by atoms with van der Waals surface area (Å²) in [7, 11) is 0. The number of aryl methyl sites for hydroxylation is 1. The third kappa shape index (κ3) is 2.81. The SMILES string of the molecule is O=C1CCCc2ccc(NC(=O)N3CCC(C(=O)O)C3)cc21. The van der Waals surface area contributed by atoms with Crippen molar-refractivity contribution in [1.29, 1.82) is 0 Å². The summed E-state index contributed by atoms with van der Waals surface area (Å²) < 4.78 is 0. The van der Waals surface area contributed by atoms with Crippen LogP contribution in [0.2, 0.25) is 0 Å². The van der Waals surface area contributed by atoms with Crippen molar-refractivity contribution >= 4 is 23.5 Å². The third-order valence-corrected chi connectivity index (χ3v) is 4.34. The van der Waals surface area contributed by atoms with Gasteiger partial charge in [-0.2, -0.15) is 0 Å². The van der Waals surface area contributed by atoms with Crippen molar-refractivity contribution in [2.45, 2.75) is 25.7 Å². The zero-order valence-electron chi connectivity index (χ0n) is 12.2. The summed E-state index contributed by atoms with van der Waals surface area (Å²) in [6.45, 7) is 0.664. The number of carboxylic acid groups (broad SMARTS) is 1. The molecule has 0 radical (unpaired) electrons. The average Bonchev–Trinajstić information content (AvgIpc) is 2.98. The summed E-state index contributed by atoms with van der Waals surface area (Å²) >= 11 is 0. The number of hydrogen-bond donors (Lipinski definition) is 2. The zero-order valence-corrected chi connectivity index (χ0v) is 12.2. The Hall–Kier alpha value is -2.37. The van der Waals surface area contributed by atoms with Crippen LogP contribution in [0.25, 0.3) is 0 Å². The molecular formula is C16H18N2O4. The smallest absolute Gasteiger partial charge is 0.321 e. The average molecular weight is 302 g/mol. The second-order valence-electron chi connectivity index (χ2n) is 5.85. The lowest BCUT2D eigenvalue weighted by Gasteiger charge is -2.19. The molecule has 0 aromatic heterocycles. The molecule has 6 heteroatoms. The van der Waals surface area contributed by atoms with Gasteiger partial charge in [-0.3, -0.25) is 9.59 Å². The highest BCUT2D eigenvalue weighted by Crippen LogP contribution is 2.25. The predicted molar refractivity (Wildman–Crippen MR) is 80.0 cm³/mol. The molecule has 0 spiro atoms. The van der Waals surface area contributed by atoms with E-state index in [2.05, 4.69) is 5.32 Å². The molecule has 1 aliphatic carbocycles. The van der Waals surface area contributed by atoms with E-state index in [9.17, 15) is 14.4 Å². The molecule has 2 amide bonds. The van der Waals surface area contributed by atoms with E-state index in [0.717, 1.165) is 18.4 Å². The lowest BCUT2D eigenvalue weighted by atomic mass is 9.90. The first-order chi connectivity index (χ1) is 10.5. The van der Waals surface area contributed by atoms with Crippen molar-refractivity contribution in [3.05, 3.63) is 29.3 Å². The molecule has 116 valence electrons. The minimum atomic E-state index is -0.866. The number of nitrogens with zero attached hydrogens (tertiary/aromatic N) is 1. The Balaban J connectivity index is 1.69. The molecule has 1 aliphatic heterocycles. The Kier molecular flexibility index (Phi) is 3.83. The fourth-order valence-electron chi connectivity index (χ4n) is 3.05. The van der Waals surface area contributed by atoms with E-state index in [-0.39, 0.29) is 18.4 Å². The highest BCUT2D eigenvalue weighted by molar-refractivity contribution is 6.00. The van der Waals surface area contributed by atoms with Gasteiger partial charge in [0.05, 0.1) is 5.92 Å². The van der Waals surface area contributed by atoms with Crippen molar-refractivity contribution in [2.24, 2.45) is 5.92 Å². The molecule has 1 atom stereocenters. The minimum absolute atomic E-state index is 0.115. The van der Waals surface area contributed by atoms with Gasteiger partial charge in [0.25, 0.3) is 0 Å². The minimum Gasteiger partial charge on any atom is -0.481 e. The lowest BCUT2D eigenvalue weighted by Crippen LogP contribution is -2.33. The van der Waals surface area contributed by atoms with Crippen LogP contribution in [0.3, 0.4) is 0 Å². The summed E-state index contributed by atoms with van der Waals surface area (Å²) in [6, 6.07) is 5.08. The van der Waals surface area contributed by atoms with Gasteiger partial charge in [-0.05, 0) is 37.0 Å². The number of carboxylic acids is 1. The quantitative estimate of drug-likeness (QED) is 0.876. The second-order valence-corrected chi connectivity index (χ2v) is 5.85. The van der Waals surface area contributed by atoms with E-state index in [1.807, 2.05) is 6.07 Å². The number of carbonyl (C=O) groups is 3. The van der Waals surface area contributed by atoms with Crippen LogP contribution in [-0.4, -0.2) is 40.9 Å². The van der Waals surface area contributed by atoms with Gasteiger partial charge in [0.15, 0.2) is 5.78 Å². The van der Waals surface area contributed by atoms with Gasteiger partial charge in [0, 0.05) is 30.8 Å². The molecule has 1 aromatic carbocycles. The molecule has 2 aliphatic rings. The zero-order chi connectivity index (χ0) is 15.7. The van der Waals surface area contributed by atoms with E-state index >= 15 is 0 Å². The van der Waals surface area contributed by atoms with Crippen LogP contribution in [0.1, 0.15) is 35.2 Å². The number of hydrogen-bond acceptors (Lipinski definition) is 3. The van der Waals surface area contributed by atoms with Crippen LogP contribution >= 0.6 is 0 Å². The monoisotopic (exact) mass is 302 g/mol.